The van der Waals surface area contributed by atoms with E-state index in [2.05, 4.69) is 0 Å². The number of hydrogen-bond acceptors (Lipinski definition) is 4. The van der Waals surface area contributed by atoms with Crippen LogP contribution in [0.15, 0.2) is 18.2 Å². The van der Waals surface area contributed by atoms with Crippen LogP contribution in [0.25, 0.3) is 0 Å². The molecule has 1 fully saturated rings. The summed E-state index contributed by atoms with van der Waals surface area (Å²) in [7, 11) is 1.62. The van der Waals surface area contributed by atoms with E-state index in [4.69, 9.17) is 9.84 Å². The van der Waals surface area contributed by atoms with E-state index < -0.39 is 0 Å². The monoisotopic (exact) mass is 237 g/mol. The molecule has 0 aromatic heterocycles. The van der Waals surface area contributed by atoms with E-state index in [9.17, 15) is 9.90 Å². The van der Waals surface area contributed by atoms with E-state index in [1.54, 1.807) is 12.0 Å². The fourth-order valence-corrected chi connectivity index (χ4v) is 1.98. The van der Waals surface area contributed by atoms with Crippen molar-refractivity contribution in [3.63, 3.8) is 0 Å². The van der Waals surface area contributed by atoms with Crippen molar-refractivity contribution in [2.24, 2.45) is 0 Å². The summed E-state index contributed by atoms with van der Waals surface area (Å²) >= 11 is 0. The lowest BCUT2D eigenvalue weighted by Gasteiger charge is -2.16. The van der Waals surface area contributed by atoms with E-state index in [1.165, 1.54) is 12.1 Å². The highest BCUT2D eigenvalue weighted by atomic mass is 16.5. The van der Waals surface area contributed by atoms with Gasteiger partial charge in [-0.15, -0.1) is 0 Å². The van der Waals surface area contributed by atoms with Gasteiger partial charge in [0.2, 0.25) is 0 Å². The number of carbonyl (C=O) groups is 1. The number of likely N-dealkylation sites (tertiary alicyclic amines) is 1. The molecule has 1 saturated heterocycles. The number of hydrogen-bond donors (Lipinski definition) is 2. The lowest BCUT2D eigenvalue weighted by Crippen LogP contribution is -2.29. The molecule has 0 bridgehead atoms. The fourth-order valence-electron chi connectivity index (χ4n) is 1.98. The van der Waals surface area contributed by atoms with Crippen LogP contribution in [-0.2, 0) is 4.74 Å². The number of methoxy groups -OCH3 is 1. The minimum absolute atomic E-state index is 0.0600. The van der Waals surface area contributed by atoms with E-state index in [1.807, 2.05) is 0 Å². The Hall–Kier alpha value is -1.75. The molecular weight excluding hydrogens is 222 g/mol. The number of nitrogens with zero attached hydrogens (tertiary/aromatic N) is 1. The Morgan fingerprint density at radius 3 is 2.82 bits per heavy atom. The van der Waals surface area contributed by atoms with Crippen LogP contribution in [0.2, 0.25) is 0 Å². The Bertz CT molecular complexity index is 433. The zero-order chi connectivity index (χ0) is 12.4. The van der Waals surface area contributed by atoms with E-state index in [-0.39, 0.29) is 29.1 Å². The molecule has 0 aliphatic carbocycles. The highest BCUT2D eigenvalue weighted by Crippen LogP contribution is 2.25. The summed E-state index contributed by atoms with van der Waals surface area (Å²) < 4.78 is 5.18. The molecule has 0 spiro atoms. The second kappa shape index (κ2) is 4.63. The molecule has 2 N–H and O–H groups in total. The molecule has 5 heteroatoms. The van der Waals surface area contributed by atoms with Crippen LogP contribution in [0.5, 0.6) is 11.5 Å². The van der Waals surface area contributed by atoms with Gasteiger partial charge in [0.1, 0.15) is 11.5 Å². The molecule has 17 heavy (non-hydrogen) atoms. The average molecular weight is 237 g/mol. The number of amides is 1. The topological polar surface area (TPSA) is 70.0 Å². The zero-order valence-corrected chi connectivity index (χ0v) is 9.59. The van der Waals surface area contributed by atoms with Crippen molar-refractivity contribution in [2.45, 2.75) is 12.5 Å². The second-order valence-corrected chi connectivity index (χ2v) is 4.10. The molecule has 1 aliphatic rings. The van der Waals surface area contributed by atoms with Crippen LogP contribution in [0, 0.1) is 0 Å². The molecule has 1 unspecified atom stereocenters. The van der Waals surface area contributed by atoms with Gasteiger partial charge in [-0.25, -0.2) is 0 Å². The molecule has 92 valence electrons. The standard InChI is InChI=1S/C12H15NO4/c1-17-9-4-5-13(7-9)12(16)10-3-2-8(14)6-11(10)15/h2-3,6,9,14-15H,4-5,7H2,1H3. The van der Waals surface area contributed by atoms with E-state index in [0.717, 1.165) is 12.5 Å². The molecule has 1 aromatic rings. The van der Waals surface area contributed by atoms with Crippen LogP contribution < -0.4 is 0 Å². The third kappa shape index (κ3) is 2.34. The molecule has 5 nitrogen and oxygen atoms in total. The summed E-state index contributed by atoms with van der Waals surface area (Å²) in [6.07, 6.45) is 0.874. The maximum absolute atomic E-state index is 12.1. The smallest absolute Gasteiger partial charge is 0.257 e. The Labute approximate surface area is 99.2 Å². The largest absolute Gasteiger partial charge is 0.508 e. The maximum atomic E-state index is 12.1. The van der Waals surface area contributed by atoms with Crippen molar-refractivity contribution in [1.29, 1.82) is 0 Å². The quantitative estimate of drug-likeness (QED) is 0.803. The van der Waals surface area contributed by atoms with Gasteiger partial charge in [0.05, 0.1) is 11.7 Å². The molecular formula is C12H15NO4. The molecule has 1 heterocycles. The summed E-state index contributed by atoms with van der Waals surface area (Å²) in [5, 5.41) is 18.8. The van der Waals surface area contributed by atoms with Gasteiger partial charge in [-0.1, -0.05) is 0 Å². The minimum Gasteiger partial charge on any atom is -0.508 e. The van der Waals surface area contributed by atoms with E-state index in [0.29, 0.717) is 13.1 Å². The third-order valence-electron chi connectivity index (χ3n) is 2.98. The highest BCUT2D eigenvalue weighted by molar-refractivity contribution is 5.97. The van der Waals surface area contributed by atoms with Crippen LogP contribution in [-0.4, -0.2) is 47.3 Å². The number of phenolic OH excluding ortho intramolecular Hbond substituents is 2. The summed E-state index contributed by atoms with van der Waals surface area (Å²) in [5.41, 5.74) is 0.208. The van der Waals surface area contributed by atoms with Gasteiger partial charge in [-0.2, -0.15) is 0 Å². The molecule has 1 aromatic carbocycles. The first-order chi connectivity index (χ1) is 8.11. The van der Waals surface area contributed by atoms with Gasteiger partial charge in [0, 0.05) is 26.3 Å². The Morgan fingerprint density at radius 1 is 1.47 bits per heavy atom. The Morgan fingerprint density at radius 2 is 2.24 bits per heavy atom. The van der Waals surface area contributed by atoms with Crippen LogP contribution in [0.1, 0.15) is 16.8 Å². The molecule has 0 radical (unpaired) electrons. The molecule has 1 amide bonds. The number of phenols is 2. The molecule has 0 saturated carbocycles. The number of rotatable bonds is 2. The SMILES string of the molecule is COC1CCN(C(=O)c2ccc(O)cc2O)C1. The van der Waals surface area contributed by atoms with Gasteiger partial charge in [-0.3, -0.25) is 4.79 Å². The van der Waals surface area contributed by atoms with Gasteiger partial charge in [0.15, 0.2) is 0 Å². The van der Waals surface area contributed by atoms with Gasteiger partial charge < -0.3 is 19.8 Å². The number of aromatic hydroxyl groups is 2. The lowest BCUT2D eigenvalue weighted by molar-refractivity contribution is 0.0721. The van der Waals surface area contributed by atoms with Crippen LogP contribution in [0.3, 0.4) is 0 Å². The average Bonchev–Trinajstić information content (AvgIpc) is 2.76. The molecule has 2 rings (SSSR count). The van der Waals surface area contributed by atoms with Gasteiger partial charge >= 0.3 is 0 Å². The zero-order valence-electron chi connectivity index (χ0n) is 9.59. The van der Waals surface area contributed by atoms with Crippen molar-refractivity contribution in [3.05, 3.63) is 23.8 Å². The summed E-state index contributed by atoms with van der Waals surface area (Å²) in [6, 6.07) is 3.97. The normalized spacial score (nSPS) is 19.6. The second-order valence-electron chi connectivity index (χ2n) is 4.10. The van der Waals surface area contributed by atoms with Crippen molar-refractivity contribution in [1.82, 2.24) is 4.90 Å². The summed E-state index contributed by atoms with van der Waals surface area (Å²) in [4.78, 5) is 13.7. The lowest BCUT2D eigenvalue weighted by atomic mass is 10.1. The first-order valence-corrected chi connectivity index (χ1v) is 5.46. The van der Waals surface area contributed by atoms with Crippen LogP contribution >= 0.6 is 0 Å². The van der Waals surface area contributed by atoms with Crippen LogP contribution in [0.4, 0.5) is 0 Å². The van der Waals surface area contributed by atoms with Gasteiger partial charge in [0.25, 0.3) is 5.91 Å². The minimum atomic E-state index is -0.234. The Kier molecular flexibility index (Phi) is 3.19. The maximum Gasteiger partial charge on any atom is 0.257 e. The van der Waals surface area contributed by atoms with E-state index >= 15 is 0 Å². The first-order valence-electron chi connectivity index (χ1n) is 5.46. The summed E-state index contributed by atoms with van der Waals surface area (Å²) in [6.45, 7) is 1.16. The third-order valence-corrected chi connectivity index (χ3v) is 2.98. The van der Waals surface area contributed by atoms with Crippen molar-refractivity contribution >= 4 is 5.91 Å². The highest BCUT2D eigenvalue weighted by Gasteiger charge is 2.28. The number of ether oxygens (including phenoxy) is 1. The predicted octanol–water partition coefficient (Wildman–Crippen LogP) is 0.959. The first kappa shape index (κ1) is 11.7. The number of benzene rings is 1. The fraction of sp³-hybridized carbons (Fsp3) is 0.417. The number of carbonyl (C=O) groups excluding carboxylic acids is 1. The van der Waals surface area contributed by atoms with Crippen molar-refractivity contribution in [2.75, 3.05) is 20.2 Å². The van der Waals surface area contributed by atoms with Gasteiger partial charge in [-0.05, 0) is 18.6 Å². The molecule has 1 atom stereocenters. The Balaban J connectivity index is 2.15. The van der Waals surface area contributed by atoms with Crippen molar-refractivity contribution in [3.8, 4) is 11.5 Å². The predicted molar refractivity (Wildman–Crippen MR) is 61.1 cm³/mol. The molecule has 1 aliphatic heterocycles. The summed E-state index contributed by atoms with van der Waals surface area (Å²) in [5.74, 6) is -0.492. The van der Waals surface area contributed by atoms with Crippen molar-refractivity contribution < 1.29 is 19.7 Å².